The first-order chi connectivity index (χ1) is 8.72. The van der Waals surface area contributed by atoms with Crippen molar-refractivity contribution in [2.24, 2.45) is 0 Å². The quantitative estimate of drug-likeness (QED) is 0.672. The van der Waals surface area contributed by atoms with Gasteiger partial charge in [0.15, 0.2) is 5.58 Å². The van der Waals surface area contributed by atoms with Crippen molar-refractivity contribution in [1.82, 2.24) is 4.98 Å². The fourth-order valence-electron chi connectivity index (χ4n) is 1.83. The molecule has 1 heterocycles. The topological polar surface area (TPSA) is 64.1 Å². The third kappa shape index (κ3) is 1.88. The molecule has 0 amide bonds. The van der Waals surface area contributed by atoms with Crippen LogP contribution >= 0.6 is 0 Å². The number of rotatable bonds is 2. The van der Waals surface area contributed by atoms with Crippen LogP contribution < -0.4 is 11.1 Å². The summed E-state index contributed by atoms with van der Waals surface area (Å²) < 4.78 is 5.63. The maximum Gasteiger partial charge on any atom is 0.300 e. The van der Waals surface area contributed by atoms with Gasteiger partial charge in [0.1, 0.15) is 5.52 Å². The Balaban J connectivity index is 1.95. The Labute approximate surface area is 104 Å². The highest BCUT2D eigenvalue weighted by atomic mass is 16.4. The molecule has 2 aromatic carbocycles. The fourth-order valence-corrected chi connectivity index (χ4v) is 1.83. The summed E-state index contributed by atoms with van der Waals surface area (Å²) in [7, 11) is 0. The van der Waals surface area contributed by atoms with E-state index in [2.05, 4.69) is 10.3 Å². The standard InChI is InChI=1S/C14H13N3O/c1-9-3-2-4-12-13(9)17-14(18-12)16-11-7-5-10(15)6-8-11/h2-8H,15H2,1H3,(H,16,17). The van der Waals surface area contributed by atoms with Crippen molar-refractivity contribution in [1.29, 1.82) is 0 Å². The van der Waals surface area contributed by atoms with Gasteiger partial charge in [-0.2, -0.15) is 4.98 Å². The second kappa shape index (κ2) is 4.07. The summed E-state index contributed by atoms with van der Waals surface area (Å²) in [5.74, 6) is 0. The van der Waals surface area contributed by atoms with Crippen LogP contribution in [0.4, 0.5) is 17.4 Å². The van der Waals surface area contributed by atoms with Crippen LogP contribution in [0.25, 0.3) is 11.1 Å². The van der Waals surface area contributed by atoms with E-state index in [1.165, 1.54) is 0 Å². The molecule has 0 spiro atoms. The molecule has 0 unspecified atom stereocenters. The van der Waals surface area contributed by atoms with Crippen LogP contribution in [0, 0.1) is 6.92 Å². The lowest BCUT2D eigenvalue weighted by Crippen LogP contribution is -1.91. The van der Waals surface area contributed by atoms with Gasteiger partial charge in [0.25, 0.3) is 6.01 Å². The van der Waals surface area contributed by atoms with Crippen LogP contribution in [-0.4, -0.2) is 4.98 Å². The number of benzene rings is 2. The number of nitrogens with one attached hydrogen (secondary N) is 1. The molecule has 90 valence electrons. The zero-order chi connectivity index (χ0) is 12.5. The molecule has 0 aliphatic heterocycles. The number of hydrogen-bond acceptors (Lipinski definition) is 4. The predicted molar refractivity (Wildman–Crippen MR) is 72.9 cm³/mol. The Bertz CT molecular complexity index is 686. The zero-order valence-electron chi connectivity index (χ0n) is 9.97. The van der Waals surface area contributed by atoms with E-state index >= 15 is 0 Å². The van der Waals surface area contributed by atoms with Gasteiger partial charge >= 0.3 is 0 Å². The molecular weight excluding hydrogens is 226 g/mol. The monoisotopic (exact) mass is 239 g/mol. The van der Waals surface area contributed by atoms with Gasteiger partial charge in [-0.15, -0.1) is 0 Å². The Hall–Kier alpha value is -2.49. The lowest BCUT2D eigenvalue weighted by Gasteiger charge is -2.00. The third-order valence-electron chi connectivity index (χ3n) is 2.78. The van der Waals surface area contributed by atoms with Gasteiger partial charge in [-0.3, -0.25) is 0 Å². The highest BCUT2D eigenvalue weighted by Crippen LogP contribution is 2.24. The van der Waals surface area contributed by atoms with Gasteiger partial charge < -0.3 is 15.5 Å². The first-order valence-electron chi connectivity index (χ1n) is 5.71. The van der Waals surface area contributed by atoms with Crippen LogP contribution in [0.5, 0.6) is 0 Å². The van der Waals surface area contributed by atoms with E-state index in [1.807, 2.05) is 49.4 Å². The molecular formula is C14H13N3O. The molecule has 0 aliphatic rings. The van der Waals surface area contributed by atoms with Crippen molar-refractivity contribution >= 4 is 28.5 Å². The molecule has 0 fully saturated rings. The SMILES string of the molecule is Cc1cccc2oc(Nc3ccc(N)cc3)nc12. The molecule has 4 nitrogen and oxygen atoms in total. The lowest BCUT2D eigenvalue weighted by atomic mass is 10.2. The summed E-state index contributed by atoms with van der Waals surface area (Å²) >= 11 is 0. The first kappa shape index (κ1) is 10.7. The van der Waals surface area contributed by atoms with Crippen LogP contribution in [0.3, 0.4) is 0 Å². The van der Waals surface area contributed by atoms with Gasteiger partial charge in [0.05, 0.1) is 0 Å². The van der Waals surface area contributed by atoms with E-state index in [-0.39, 0.29) is 0 Å². The average Bonchev–Trinajstić information content (AvgIpc) is 2.76. The summed E-state index contributed by atoms with van der Waals surface area (Å²) in [6.07, 6.45) is 0. The molecule has 1 aromatic heterocycles. The first-order valence-corrected chi connectivity index (χ1v) is 5.71. The minimum atomic E-state index is 0.490. The molecule has 4 heteroatoms. The predicted octanol–water partition coefficient (Wildman–Crippen LogP) is 3.46. The number of nitrogen functional groups attached to an aromatic ring is 1. The Morgan fingerprint density at radius 2 is 1.89 bits per heavy atom. The highest BCUT2D eigenvalue weighted by molar-refractivity contribution is 5.78. The molecule has 0 saturated heterocycles. The number of oxazole rings is 1. The van der Waals surface area contributed by atoms with Crippen LogP contribution in [-0.2, 0) is 0 Å². The van der Waals surface area contributed by atoms with E-state index < -0.39 is 0 Å². The summed E-state index contributed by atoms with van der Waals surface area (Å²) in [5.41, 5.74) is 10.0. The lowest BCUT2D eigenvalue weighted by molar-refractivity contribution is 0.623. The Morgan fingerprint density at radius 1 is 1.11 bits per heavy atom. The van der Waals surface area contributed by atoms with Crippen molar-refractivity contribution in [3.05, 3.63) is 48.0 Å². The number of nitrogens with zero attached hydrogens (tertiary/aromatic N) is 1. The normalized spacial score (nSPS) is 10.7. The molecule has 0 bridgehead atoms. The molecule has 18 heavy (non-hydrogen) atoms. The maximum absolute atomic E-state index is 5.63. The number of aromatic nitrogens is 1. The molecule has 3 aromatic rings. The molecule has 3 N–H and O–H groups in total. The zero-order valence-corrected chi connectivity index (χ0v) is 9.97. The number of anilines is 3. The fraction of sp³-hybridized carbons (Fsp3) is 0.0714. The summed E-state index contributed by atoms with van der Waals surface area (Å²) in [6, 6.07) is 13.8. The van der Waals surface area contributed by atoms with Gasteiger partial charge in [-0.05, 0) is 42.8 Å². The Kier molecular flexibility index (Phi) is 2.41. The minimum absolute atomic E-state index is 0.490. The number of fused-ring (bicyclic) bond motifs is 1. The molecule has 0 aliphatic carbocycles. The second-order valence-electron chi connectivity index (χ2n) is 4.19. The largest absolute Gasteiger partial charge is 0.423 e. The maximum atomic E-state index is 5.63. The van der Waals surface area contributed by atoms with E-state index in [0.29, 0.717) is 6.01 Å². The van der Waals surface area contributed by atoms with Crippen molar-refractivity contribution in [3.63, 3.8) is 0 Å². The summed E-state index contributed by atoms with van der Waals surface area (Å²) in [6.45, 7) is 2.01. The third-order valence-corrected chi connectivity index (χ3v) is 2.78. The average molecular weight is 239 g/mol. The number of nitrogens with two attached hydrogens (primary N) is 1. The van der Waals surface area contributed by atoms with Crippen molar-refractivity contribution < 1.29 is 4.42 Å². The molecule has 0 atom stereocenters. The number of para-hydroxylation sites is 1. The smallest absolute Gasteiger partial charge is 0.300 e. The van der Waals surface area contributed by atoms with Crippen LogP contribution in [0.15, 0.2) is 46.9 Å². The summed E-state index contributed by atoms with van der Waals surface area (Å²) in [5, 5.41) is 3.11. The van der Waals surface area contributed by atoms with E-state index in [9.17, 15) is 0 Å². The number of hydrogen-bond donors (Lipinski definition) is 2. The van der Waals surface area contributed by atoms with Crippen molar-refractivity contribution in [2.45, 2.75) is 6.92 Å². The van der Waals surface area contributed by atoms with Crippen molar-refractivity contribution in [3.8, 4) is 0 Å². The van der Waals surface area contributed by atoms with Gasteiger partial charge in [-0.1, -0.05) is 12.1 Å². The van der Waals surface area contributed by atoms with E-state index in [0.717, 1.165) is 28.0 Å². The van der Waals surface area contributed by atoms with Gasteiger partial charge in [-0.25, -0.2) is 0 Å². The minimum Gasteiger partial charge on any atom is -0.423 e. The molecule has 0 saturated carbocycles. The number of aryl methyl sites for hydroxylation is 1. The van der Waals surface area contributed by atoms with Crippen LogP contribution in [0.2, 0.25) is 0 Å². The highest BCUT2D eigenvalue weighted by Gasteiger charge is 2.07. The van der Waals surface area contributed by atoms with E-state index in [4.69, 9.17) is 10.2 Å². The van der Waals surface area contributed by atoms with Gasteiger partial charge in [0, 0.05) is 11.4 Å². The van der Waals surface area contributed by atoms with Crippen LogP contribution in [0.1, 0.15) is 5.56 Å². The van der Waals surface area contributed by atoms with Gasteiger partial charge in [0.2, 0.25) is 0 Å². The summed E-state index contributed by atoms with van der Waals surface area (Å²) in [4.78, 5) is 4.42. The van der Waals surface area contributed by atoms with E-state index in [1.54, 1.807) is 0 Å². The molecule has 0 radical (unpaired) electrons. The Morgan fingerprint density at radius 3 is 2.61 bits per heavy atom. The second-order valence-corrected chi connectivity index (χ2v) is 4.19. The molecule has 3 rings (SSSR count). The van der Waals surface area contributed by atoms with Crippen molar-refractivity contribution in [2.75, 3.05) is 11.1 Å².